The van der Waals surface area contributed by atoms with Gasteiger partial charge >= 0.3 is 0 Å². The van der Waals surface area contributed by atoms with Crippen LogP contribution < -0.4 is 5.73 Å². The highest BCUT2D eigenvalue weighted by Crippen LogP contribution is 2.12. The molecule has 1 atom stereocenters. The van der Waals surface area contributed by atoms with Crippen LogP contribution in [-0.4, -0.2) is 36.5 Å². The highest BCUT2D eigenvalue weighted by molar-refractivity contribution is 7.98. The number of hydrogen-bond acceptors (Lipinski definition) is 4. The van der Waals surface area contributed by atoms with Gasteiger partial charge in [-0.15, -0.1) is 0 Å². The summed E-state index contributed by atoms with van der Waals surface area (Å²) < 4.78 is 5.57. The van der Waals surface area contributed by atoms with E-state index in [0.29, 0.717) is 12.6 Å². The maximum Gasteiger partial charge on any atom is 0.118 e. The molecule has 1 heterocycles. The summed E-state index contributed by atoms with van der Waals surface area (Å²) in [5, 5.41) is 0. The lowest BCUT2D eigenvalue weighted by Gasteiger charge is -2.25. The number of hydrogen-bond donors (Lipinski definition) is 1. The third-order valence-corrected chi connectivity index (χ3v) is 3.40. The van der Waals surface area contributed by atoms with Gasteiger partial charge in [-0.2, -0.15) is 11.8 Å². The Balaban J connectivity index is 2.45. The van der Waals surface area contributed by atoms with Crippen molar-refractivity contribution in [2.24, 2.45) is 5.73 Å². The average Bonchev–Trinajstić information content (AvgIpc) is 2.65. The summed E-state index contributed by atoms with van der Waals surface area (Å²) in [6, 6.07) is 4.48. The fourth-order valence-corrected chi connectivity index (χ4v) is 2.22. The number of nitrogens with zero attached hydrogens (tertiary/aromatic N) is 1. The van der Waals surface area contributed by atoms with Crippen LogP contribution in [0.3, 0.4) is 0 Å². The van der Waals surface area contributed by atoms with Gasteiger partial charge in [-0.05, 0) is 44.5 Å². The maximum absolute atomic E-state index is 5.79. The van der Waals surface area contributed by atoms with Crippen LogP contribution in [0.15, 0.2) is 16.5 Å². The summed E-state index contributed by atoms with van der Waals surface area (Å²) in [4.78, 5) is 2.27. The zero-order valence-corrected chi connectivity index (χ0v) is 11.2. The molecule has 0 aliphatic heterocycles. The number of aryl methyl sites for hydroxylation is 1. The quantitative estimate of drug-likeness (QED) is 0.795. The van der Waals surface area contributed by atoms with Gasteiger partial charge in [0, 0.05) is 12.6 Å². The molecule has 0 saturated heterocycles. The molecule has 4 heteroatoms. The van der Waals surface area contributed by atoms with Crippen LogP contribution >= 0.6 is 11.8 Å². The lowest BCUT2D eigenvalue weighted by molar-refractivity contribution is 0.215. The highest BCUT2D eigenvalue weighted by atomic mass is 32.2. The van der Waals surface area contributed by atoms with Crippen molar-refractivity contribution >= 4 is 11.8 Å². The molecular weight excluding hydrogens is 220 g/mol. The lowest BCUT2D eigenvalue weighted by atomic mass is 10.2. The van der Waals surface area contributed by atoms with E-state index in [4.69, 9.17) is 10.2 Å². The minimum Gasteiger partial charge on any atom is -0.465 e. The van der Waals surface area contributed by atoms with E-state index in [9.17, 15) is 0 Å². The topological polar surface area (TPSA) is 42.4 Å². The molecule has 0 fully saturated rings. The molecule has 92 valence electrons. The molecule has 16 heavy (non-hydrogen) atoms. The first-order chi connectivity index (χ1) is 7.67. The molecular formula is C12H22N2OS. The molecule has 0 spiro atoms. The first-order valence-electron chi connectivity index (χ1n) is 5.62. The Kier molecular flexibility index (Phi) is 5.95. The van der Waals surface area contributed by atoms with Crippen molar-refractivity contribution in [2.45, 2.75) is 25.9 Å². The van der Waals surface area contributed by atoms with Gasteiger partial charge in [0.25, 0.3) is 0 Å². The third kappa shape index (κ3) is 4.20. The molecule has 0 bridgehead atoms. The third-order valence-electron chi connectivity index (χ3n) is 2.75. The predicted octanol–water partition coefficient (Wildman–Crippen LogP) is 2.10. The van der Waals surface area contributed by atoms with Gasteiger partial charge in [-0.25, -0.2) is 0 Å². The molecule has 0 amide bonds. The second-order valence-corrected chi connectivity index (χ2v) is 5.08. The summed E-state index contributed by atoms with van der Waals surface area (Å²) in [7, 11) is 2.11. The summed E-state index contributed by atoms with van der Waals surface area (Å²) in [6.45, 7) is 3.51. The Bertz CT molecular complexity index is 301. The van der Waals surface area contributed by atoms with Crippen molar-refractivity contribution in [3.63, 3.8) is 0 Å². The number of rotatable bonds is 7. The second kappa shape index (κ2) is 6.99. The molecule has 0 aliphatic rings. The summed E-state index contributed by atoms with van der Waals surface area (Å²) >= 11 is 1.87. The standard InChI is InChI=1S/C12H22N2OS/c1-10-4-5-12(15-10)9-14(2)11(8-13)6-7-16-3/h4-5,11H,6-9,13H2,1-3H3. The van der Waals surface area contributed by atoms with Crippen molar-refractivity contribution in [1.82, 2.24) is 4.90 Å². The molecule has 1 rings (SSSR count). The summed E-state index contributed by atoms with van der Waals surface area (Å²) in [5.41, 5.74) is 5.79. The highest BCUT2D eigenvalue weighted by Gasteiger charge is 2.14. The second-order valence-electron chi connectivity index (χ2n) is 4.10. The Morgan fingerprint density at radius 2 is 2.25 bits per heavy atom. The van der Waals surface area contributed by atoms with Crippen LogP contribution in [0, 0.1) is 6.92 Å². The largest absolute Gasteiger partial charge is 0.465 e. The predicted molar refractivity (Wildman–Crippen MR) is 70.8 cm³/mol. The monoisotopic (exact) mass is 242 g/mol. The van der Waals surface area contributed by atoms with Gasteiger partial charge in [-0.3, -0.25) is 4.90 Å². The zero-order chi connectivity index (χ0) is 12.0. The van der Waals surface area contributed by atoms with E-state index in [2.05, 4.69) is 18.2 Å². The molecule has 2 N–H and O–H groups in total. The van der Waals surface area contributed by atoms with Gasteiger partial charge < -0.3 is 10.2 Å². The van der Waals surface area contributed by atoms with Crippen LogP contribution in [0.25, 0.3) is 0 Å². The van der Waals surface area contributed by atoms with Crippen molar-refractivity contribution in [3.8, 4) is 0 Å². The normalized spacial score (nSPS) is 13.3. The molecule has 1 unspecified atom stereocenters. The van der Waals surface area contributed by atoms with Crippen molar-refractivity contribution in [3.05, 3.63) is 23.7 Å². The van der Waals surface area contributed by atoms with Gasteiger partial charge in [0.1, 0.15) is 11.5 Å². The van der Waals surface area contributed by atoms with Crippen LogP contribution in [0.2, 0.25) is 0 Å². The molecule has 0 saturated carbocycles. The first-order valence-corrected chi connectivity index (χ1v) is 7.01. The van der Waals surface area contributed by atoms with Crippen molar-refractivity contribution < 1.29 is 4.42 Å². The molecule has 1 aromatic heterocycles. The molecule has 0 aliphatic carbocycles. The minimum absolute atomic E-state index is 0.442. The molecule has 1 aromatic rings. The van der Waals surface area contributed by atoms with Crippen LogP contribution in [0.5, 0.6) is 0 Å². The number of thioether (sulfide) groups is 1. The number of furan rings is 1. The minimum atomic E-state index is 0.442. The summed E-state index contributed by atoms with van der Waals surface area (Å²) in [5.74, 6) is 3.14. The molecule has 0 aromatic carbocycles. The van der Waals surface area contributed by atoms with E-state index < -0.39 is 0 Å². The van der Waals surface area contributed by atoms with Gasteiger partial charge in [0.2, 0.25) is 0 Å². The Morgan fingerprint density at radius 1 is 1.50 bits per heavy atom. The average molecular weight is 242 g/mol. The molecule has 3 nitrogen and oxygen atoms in total. The Hall–Kier alpha value is -0.450. The number of nitrogens with two attached hydrogens (primary N) is 1. The van der Waals surface area contributed by atoms with E-state index >= 15 is 0 Å². The van der Waals surface area contributed by atoms with Crippen molar-refractivity contribution in [2.75, 3.05) is 25.6 Å². The Labute approximate surface area is 102 Å². The van der Waals surface area contributed by atoms with E-state index in [1.807, 2.05) is 30.8 Å². The van der Waals surface area contributed by atoms with Crippen LogP contribution in [0.4, 0.5) is 0 Å². The smallest absolute Gasteiger partial charge is 0.118 e. The van der Waals surface area contributed by atoms with Crippen LogP contribution in [-0.2, 0) is 6.54 Å². The summed E-state index contributed by atoms with van der Waals surface area (Å²) in [6.07, 6.45) is 3.26. The van der Waals surface area contributed by atoms with E-state index in [-0.39, 0.29) is 0 Å². The Morgan fingerprint density at radius 3 is 2.75 bits per heavy atom. The zero-order valence-electron chi connectivity index (χ0n) is 10.4. The van der Waals surface area contributed by atoms with E-state index in [1.165, 1.54) is 0 Å². The van der Waals surface area contributed by atoms with E-state index in [1.54, 1.807) is 0 Å². The molecule has 0 radical (unpaired) electrons. The fourth-order valence-electron chi connectivity index (χ4n) is 1.72. The fraction of sp³-hybridized carbons (Fsp3) is 0.667. The van der Waals surface area contributed by atoms with Gasteiger partial charge in [-0.1, -0.05) is 0 Å². The SMILES string of the molecule is CSCCC(CN)N(C)Cc1ccc(C)o1. The van der Waals surface area contributed by atoms with Gasteiger partial charge in [0.15, 0.2) is 0 Å². The number of likely N-dealkylation sites (N-methyl/N-ethyl adjacent to an activating group) is 1. The lowest BCUT2D eigenvalue weighted by Crippen LogP contribution is -2.37. The first kappa shape index (κ1) is 13.6. The van der Waals surface area contributed by atoms with Crippen LogP contribution in [0.1, 0.15) is 17.9 Å². The van der Waals surface area contributed by atoms with E-state index in [0.717, 1.165) is 30.2 Å². The maximum atomic E-state index is 5.79. The van der Waals surface area contributed by atoms with Crippen molar-refractivity contribution in [1.29, 1.82) is 0 Å². The van der Waals surface area contributed by atoms with Gasteiger partial charge in [0.05, 0.1) is 6.54 Å².